The van der Waals surface area contributed by atoms with Gasteiger partial charge in [0.05, 0.1) is 25.5 Å². The highest BCUT2D eigenvalue weighted by Crippen LogP contribution is 2.31. The topological polar surface area (TPSA) is 70.2 Å². The second kappa shape index (κ2) is 6.83. The minimum absolute atomic E-state index is 0.0748. The first-order valence-corrected chi connectivity index (χ1v) is 8.24. The van der Waals surface area contributed by atoms with Crippen LogP contribution in [-0.4, -0.2) is 41.2 Å². The molecule has 7 heteroatoms. The highest BCUT2D eigenvalue weighted by Gasteiger charge is 2.25. The van der Waals surface area contributed by atoms with Crippen LogP contribution in [-0.2, 0) is 11.3 Å². The average Bonchev–Trinajstić information content (AvgIpc) is 2.99. The maximum absolute atomic E-state index is 12.4. The Kier molecular flexibility index (Phi) is 4.78. The van der Waals surface area contributed by atoms with Gasteiger partial charge in [-0.2, -0.15) is 5.10 Å². The lowest BCUT2D eigenvalue weighted by Crippen LogP contribution is -2.38. The summed E-state index contributed by atoms with van der Waals surface area (Å²) in [7, 11) is 1.56. The zero-order valence-electron chi connectivity index (χ0n) is 14.0. The predicted octanol–water partition coefficient (Wildman–Crippen LogP) is 2.94. The fraction of sp³-hybridized carbons (Fsp3) is 0.412. The van der Waals surface area contributed by atoms with E-state index in [2.05, 4.69) is 27.3 Å². The van der Waals surface area contributed by atoms with Crippen LogP contribution in [0.15, 0.2) is 18.3 Å². The van der Waals surface area contributed by atoms with Crippen LogP contribution >= 0.6 is 11.6 Å². The van der Waals surface area contributed by atoms with Crippen LogP contribution < -0.4 is 10.1 Å². The molecule has 1 aliphatic rings. The molecular weight excluding hydrogens is 328 g/mol. The molecule has 24 heavy (non-hydrogen) atoms. The van der Waals surface area contributed by atoms with E-state index in [1.54, 1.807) is 13.2 Å². The van der Waals surface area contributed by atoms with Crippen molar-refractivity contribution in [1.29, 1.82) is 0 Å². The van der Waals surface area contributed by atoms with E-state index >= 15 is 0 Å². The lowest BCUT2D eigenvalue weighted by molar-refractivity contribution is -0.117. The maximum Gasteiger partial charge on any atom is 0.238 e. The van der Waals surface area contributed by atoms with Crippen molar-refractivity contribution in [1.82, 2.24) is 15.1 Å². The molecule has 0 aliphatic carbocycles. The second-order valence-corrected chi connectivity index (χ2v) is 6.64. The molecule has 1 aromatic heterocycles. The summed E-state index contributed by atoms with van der Waals surface area (Å²) < 4.78 is 5.30. The number of fused-ring (bicyclic) bond motifs is 1. The smallest absolute Gasteiger partial charge is 0.238 e. The Bertz CT molecular complexity index is 759. The predicted molar refractivity (Wildman–Crippen MR) is 93.7 cm³/mol. The van der Waals surface area contributed by atoms with Crippen LogP contribution in [0.5, 0.6) is 5.75 Å². The molecule has 2 heterocycles. The molecular formula is C17H21ClN4O2. The Morgan fingerprint density at radius 2 is 2.33 bits per heavy atom. The first-order chi connectivity index (χ1) is 11.5. The van der Waals surface area contributed by atoms with Gasteiger partial charge < -0.3 is 10.1 Å². The third-order valence-corrected chi connectivity index (χ3v) is 4.70. The summed E-state index contributed by atoms with van der Waals surface area (Å²) in [4.78, 5) is 14.6. The first-order valence-electron chi connectivity index (χ1n) is 7.86. The number of amides is 1. The third-order valence-electron chi connectivity index (χ3n) is 4.29. The molecule has 0 bridgehead atoms. The van der Waals surface area contributed by atoms with Crippen LogP contribution in [0.2, 0.25) is 5.02 Å². The molecule has 1 aliphatic heterocycles. The van der Waals surface area contributed by atoms with Crippen LogP contribution in [0.25, 0.3) is 0 Å². The van der Waals surface area contributed by atoms with Crippen LogP contribution in [0.1, 0.15) is 29.7 Å². The number of nitrogens with zero attached hydrogens (tertiary/aromatic N) is 2. The van der Waals surface area contributed by atoms with E-state index in [0.717, 1.165) is 24.2 Å². The van der Waals surface area contributed by atoms with Gasteiger partial charge in [-0.1, -0.05) is 18.5 Å². The molecule has 1 amide bonds. The lowest BCUT2D eigenvalue weighted by Gasteiger charge is -2.30. The molecule has 3 rings (SSSR count). The fourth-order valence-electron chi connectivity index (χ4n) is 3.10. The summed E-state index contributed by atoms with van der Waals surface area (Å²) in [6.45, 7) is 5.89. The highest BCUT2D eigenvalue weighted by molar-refractivity contribution is 6.31. The molecule has 0 saturated carbocycles. The number of nitrogens with one attached hydrogen (secondary N) is 2. The van der Waals surface area contributed by atoms with Gasteiger partial charge in [-0.15, -0.1) is 0 Å². The number of carbonyl (C=O) groups is 1. The Hall–Kier alpha value is -2.05. The van der Waals surface area contributed by atoms with Gasteiger partial charge in [0.15, 0.2) is 0 Å². The third kappa shape index (κ3) is 3.39. The van der Waals surface area contributed by atoms with Crippen molar-refractivity contribution in [3.8, 4) is 5.75 Å². The van der Waals surface area contributed by atoms with Crippen molar-refractivity contribution in [2.45, 2.75) is 26.3 Å². The lowest BCUT2D eigenvalue weighted by atomic mass is 9.98. The number of benzene rings is 1. The van der Waals surface area contributed by atoms with Gasteiger partial charge in [0.25, 0.3) is 0 Å². The van der Waals surface area contributed by atoms with Crippen molar-refractivity contribution < 1.29 is 9.53 Å². The Morgan fingerprint density at radius 3 is 3.08 bits per heavy atom. The number of ether oxygens (including phenoxy) is 1. The monoisotopic (exact) mass is 348 g/mol. The van der Waals surface area contributed by atoms with Crippen LogP contribution in [0.4, 0.5) is 5.69 Å². The normalized spacial score (nSPS) is 17.4. The minimum atomic E-state index is -0.0748. The Morgan fingerprint density at radius 1 is 1.54 bits per heavy atom. The molecule has 1 aromatic carbocycles. The summed E-state index contributed by atoms with van der Waals surface area (Å²) >= 11 is 6.10. The number of anilines is 1. The van der Waals surface area contributed by atoms with Gasteiger partial charge in [0, 0.05) is 41.4 Å². The first kappa shape index (κ1) is 16.8. The second-order valence-electron chi connectivity index (χ2n) is 6.23. The summed E-state index contributed by atoms with van der Waals surface area (Å²) in [6.07, 6.45) is 1.83. The van der Waals surface area contributed by atoms with E-state index in [9.17, 15) is 4.79 Å². The molecule has 2 aromatic rings. The molecule has 0 fully saturated rings. The molecule has 128 valence electrons. The number of hydrogen-bond acceptors (Lipinski definition) is 4. The van der Waals surface area contributed by atoms with E-state index in [1.807, 2.05) is 19.2 Å². The van der Waals surface area contributed by atoms with E-state index in [1.165, 1.54) is 5.69 Å². The molecule has 1 unspecified atom stereocenters. The van der Waals surface area contributed by atoms with Crippen LogP contribution in [0.3, 0.4) is 0 Å². The molecule has 0 saturated heterocycles. The zero-order chi connectivity index (χ0) is 17.3. The number of rotatable bonds is 4. The van der Waals surface area contributed by atoms with Crippen molar-refractivity contribution in [3.05, 3.63) is 40.2 Å². The fourth-order valence-corrected chi connectivity index (χ4v) is 3.25. The number of aryl methyl sites for hydroxylation is 1. The van der Waals surface area contributed by atoms with Gasteiger partial charge in [0.1, 0.15) is 5.75 Å². The SMILES string of the molecule is COc1cc(Cl)c(C)cc1NC(=O)CN1Cc2cn[nH]c2C(C)C1. The number of aromatic nitrogens is 2. The minimum Gasteiger partial charge on any atom is -0.495 e. The van der Waals surface area contributed by atoms with Crippen molar-refractivity contribution in [3.63, 3.8) is 0 Å². The van der Waals surface area contributed by atoms with E-state index in [4.69, 9.17) is 16.3 Å². The van der Waals surface area contributed by atoms with Gasteiger partial charge in [-0.3, -0.25) is 14.8 Å². The van der Waals surface area contributed by atoms with E-state index in [0.29, 0.717) is 28.9 Å². The van der Waals surface area contributed by atoms with Crippen LogP contribution in [0, 0.1) is 6.92 Å². The molecule has 0 radical (unpaired) electrons. The Balaban J connectivity index is 1.68. The molecule has 1 atom stereocenters. The maximum atomic E-state index is 12.4. The van der Waals surface area contributed by atoms with Crippen molar-refractivity contribution in [2.24, 2.45) is 0 Å². The summed E-state index contributed by atoms with van der Waals surface area (Å²) in [6, 6.07) is 3.54. The van der Waals surface area contributed by atoms with E-state index in [-0.39, 0.29) is 5.91 Å². The number of hydrogen-bond donors (Lipinski definition) is 2. The van der Waals surface area contributed by atoms with Gasteiger partial charge >= 0.3 is 0 Å². The van der Waals surface area contributed by atoms with Crippen molar-refractivity contribution >= 4 is 23.2 Å². The number of aromatic amines is 1. The molecule has 2 N–H and O–H groups in total. The largest absolute Gasteiger partial charge is 0.495 e. The Labute approximate surface area is 146 Å². The average molecular weight is 349 g/mol. The number of halogens is 1. The number of methoxy groups -OCH3 is 1. The summed E-state index contributed by atoms with van der Waals surface area (Å²) in [5.41, 5.74) is 3.85. The quantitative estimate of drug-likeness (QED) is 0.891. The zero-order valence-corrected chi connectivity index (χ0v) is 14.8. The molecule has 0 spiro atoms. The summed E-state index contributed by atoms with van der Waals surface area (Å²) in [5.74, 6) is 0.814. The van der Waals surface area contributed by atoms with Gasteiger partial charge in [0.2, 0.25) is 5.91 Å². The molecule has 6 nitrogen and oxygen atoms in total. The van der Waals surface area contributed by atoms with Gasteiger partial charge in [-0.05, 0) is 18.6 Å². The van der Waals surface area contributed by atoms with E-state index < -0.39 is 0 Å². The highest BCUT2D eigenvalue weighted by atomic mass is 35.5. The standard InChI is InChI=1S/C17H21ClN4O2/c1-10-4-14(15(24-3)5-13(10)18)20-16(23)9-22-7-11(2)17-12(8-22)6-19-21-17/h4-6,11H,7-9H2,1-3H3,(H,19,21)(H,20,23). The summed E-state index contributed by atoms with van der Waals surface area (Å²) in [5, 5.41) is 10.7. The van der Waals surface area contributed by atoms with Crippen molar-refractivity contribution in [2.75, 3.05) is 25.5 Å². The number of carbonyl (C=O) groups excluding carboxylic acids is 1. The van der Waals surface area contributed by atoms with Gasteiger partial charge in [-0.25, -0.2) is 0 Å². The number of H-pyrrole nitrogens is 1.